The minimum absolute atomic E-state index is 0.0131. The van der Waals surface area contributed by atoms with Gasteiger partial charge in [0.05, 0.1) is 0 Å². The van der Waals surface area contributed by atoms with Crippen molar-refractivity contribution in [1.82, 2.24) is 19.6 Å². The van der Waals surface area contributed by atoms with Crippen LogP contribution in [0.2, 0.25) is 0 Å². The van der Waals surface area contributed by atoms with Gasteiger partial charge in [-0.05, 0) is 12.3 Å². The summed E-state index contributed by atoms with van der Waals surface area (Å²) in [5.41, 5.74) is 0.582. The van der Waals surface area contributed by atoms with Gasteiger partial charge in [0, 0.05) is 18.8 Å². The molecule has 1 saturated carbocycles. The van der Waals surface area contributed by atoms with E-state index in [2.05, 4.69) is 20.4 Å². The molecule has 2 aromatic rings. The van der Waals surface area contributed by atoms with Gasteiger partial charge in [0.1, 0.15) is 6.33 Å². The van der Waals surface area contributed by atoms with Crippen LogP contribution in [0.5, 0.6) is 0 Å². The highest BCUT2D eigenvalue weighted by molar-refractivity contribution is 5.92. The van der Waals surface area contributed by atoms with E-state index in [1.165, 1.54) is 38.4 Å². The highest BCUT2D eigenvalue weighted by Crippen LogP contribution is 2.27. The fourth-order valence-corrected chi connectivity index (χ4v) is 2.85. The van der Waals surface area contributed by atoms with Crippen LogP contribution in [0.1, 0.15) is 44.9 Å². The number of hydrogen-bond donors (Lipinski definition) is 1. The Kier molecular flexibility index (Phi) is 3.90. The van der Waals surface area contributed by atoms with E-state index in [1.54, 1.807) is 16.9 Å². The molecule has 3 rings (SSSR count). The van der Waals surface area contributed by atoms with Crippen molar-refractivity contribution in [3.8, 4) is 0 Å². The summed E-state index contributed by atoms with van der Waals surface area (Å²) in [4.78, 5) is 20.2. The lowest BCUT2D eigenvalue weighted by molar-refractivity contribution is -0.116. The van der Waals surface area contributed by atoms with Crippen LogP contribution in [0.15, 0.2) is 18.7 Å². The number of amides is 1. The average Bonchev–Trinajstić information content (AvgIpc) is 2.96. The SMILES string of the molecule is O=C(CCC1CCCCC1)Nc1ncnn2ccnc12. The average molecular weight is 273 g/mol. The largest absolute Gasteiger partial charge is 0.307 e. The minimum Gasteiger partial charge on any atom is -0.307 e. The molecule has 1 aliphatic carbocycles. The summed E-state index contributed by atoms with van der Waals surface area (Å²) in [6.45, 7) is 0. The lowest BCUT2D eigenvalue weighted by Crippen LogP contribution is -2.16. The maximum atomic E-state index is 12.0. The fourth-order valence-electron chi connectivity index (χ4n) is 2.85. The number of nitrogens with zero attached hydrogens (tertiary/aromatic N) is 4. The van der Waals surface area contributed by atoms with Crippen molar-refractivity contribution in [3.63, 3.8) is 0 Å². The van der Waals surface area contributed by atoms with Gasteiger partial charge in [-0.3, -0.25) is 4.79 Å². The summed E-state index contributed by atoms with van der Waals surface area (Å²) in [5, 5.41) is 6.86. The molecule has 20 heavy (non-hydrogen) atoms. The van der Waals surface area contributed by atoms with E-state index in [9.17, 15) is 4.79 Å². The molecule has 2 heterocycles. The lowest BCUT2D eigenvalue weighted by Gasteiger charge is -2.20. The first-order chi connectivity index (χ1) is 9.83. The Morgan fingerprint density at radius 3 is 3.00 bits per heavy atom. The van der Waals surface area contributed by atoms with E-state index < -0.39 is 0 Å². The standard InChI is InChI=1S/C14H19N5O/c20-12(7-6-11-4-2-1-3-5-11)18-13-14-15-8-9-19(14)17-10-16-13/h8-11H,1-7H2,(H,16,17,18,20). The molecule has 0 aromatic carbocycles. The van der Waals surface area contributed by atoms with E-state index in [0.29, 0.717) is 23.8 Å². The van der Waals surface area contributed by atoms with Gasteiger partial charge in [0.2, 0.25) is 5.91 Å². The van der Waals surface area contributed by atoms with Gasteiger partial charge in [-0.2, -0.15) is 5.10 Å². The first kappa shape index (κ1) is 13.0. The van der Waals surface area contributed by atoms with E-state index in [0.717, 1.165) is 6.42 Å². The Labute approximate surface area is 117 Å². The molecule has 2 aromatic heterocycles. The minimum atomic E-state index is 0.0131. The third-order valence-electron chi connectivity index (χ3n) is 3.96. The van der Waals surface area contributed by atoms with Crippen molar-refractivity contribution in [2.75, 3.05) is 5.32 Å². The molecular formula is C14H19N5O. The Morgan fingerprint density at radius 1 is 1.30 bits per heavy atom. The topological polar surface area (TPSA) is 72.2 Å². The van der Waals surface area contributed by atoms with E-state index in [4.69, 9.17) is 0 Å². The number of hydrogen-bond acceptors (Lipinski definition) is 4. The number of aromatic nitrogens is 4. The van der Waals surface area contributed by atoms with Gasteiger partial charge in [-0.25, -0.2) is 14.5 Å². The molecule has 1 amide bonds. The fraction of sp³-hybridized carbons (Fsp3) is 0.571. The van der Waals surface area contributed by atoms with Crippen molar-refractivity contribution >= 4 is 17.4 Å². The molecule has 0 saturated heterocycles. The van der Waals surface area contributed by atoms with E-state index in [1.807, 2.05) is 0 Å². The summed E-state index contributed by atoms with van der Waals surface area (Å²) in [5.74, 6) is 1.21. The zero-order chi connectivity index (χ0) is 13.8. The molecule has 6 heteroatoms. The second-order valence-electron chi connectivity index (χ2n) is 5.39. The first-order valence-electron chi connectivity index (χ1n) is 7.27. The molecule has 0 radical (unpaired) electrons. The molecule has 1 fully saturated rings. The predicted octanol–water partition coefficient (Wildman–Crippen LogP) is 2.42. The van der Waals surface area contributed by atoms with Crippen molar-refractivity contribution in [3.05, 3.63) is 18.7 Å². The van der Waals surface area contributed by atoms with Gasteiger partial charge < -0.3 is 5.32 Å². The van der Waals surface area contributed by atoms with Crippen LogP contribution in [0, 0.1) is 5.92 Å². The third kappa shape index (κ3) is 2.95. The zero-order valence-electron chi connectivity index (χ0n) is 11.5. The summed E-state index contributed by atoms with van der Waals surface area (Å²) in [6, 6.07) is 0. The predicted molar refractivity (Wildman–Crippen MR) is 75.2 cm³/mol. The van der Waals surface area contributed by atoms with Crippen LogP contribution < -0.4 is 5.32 Å². The number of nitrogens with one attached hydrogen (secondary N) is 1. The summed E-state index contributed by atoms with van der Waals surface area (Å²) >= 11 is 0. The number of imidazole rings is 1. The number of rotatable bonds is 4. The van der Waals surface area contributed by atoms with Gasteiger partial charge in [0.25, 0.3) is 0 Å². The van der Waals surface area contributed by atoms with Gasteiger partial charge >= 0.3 is 0 Å². The van der Waals surface area contributed by atoms with Crippen LogP contribution in [0.4, 0.5) is 5.82 Å². The molecule has 0 unspecified atom stereocenters. The van der Waals surface area contributed by atoms with E-state index >= 15 is 0 Å². The molecular weight excluding hydrogens is 254 g/mol. The zero-order valence-corrected chi connectivity index (χ0v) is 11.5. The second kappa shape index (κ2) is 5.98. The van der Waals surface area contributed by atoms with Crippen molar-refractivity contribution in [2.45, 2.75) is 44.9 Å². The van der Waals surface area contributed by atoms with Crippen molar-refractivity contribution < 1.29 is 4.79 Å². The molecule has 0 spiro atoms. The highest BCUT2D eigenvalue weighted by atomic mass is 16.1. The number of anilines is 1. The van der Waals surface area contributed by atoms with Gasteiger partial charge in [-0.1, -0.05) is 32.1 Å². The maximum Gasteiger partial charge on any atom is 0.225 e. The molecule has 1 aliphatic rings. The Balaban J connectivity index is 1.57. The normalized spacial score (nSPS) is 16.4. The third-order valence-corrected chi connectivity index (χ3v) is 3.96. The number of fused-ring (bicyclic) bond motifs is 1. The van der Waals surface area contributed by atoms with Crippen LogP contribution in [-0.4, -0.2) is 25.5 Å². The Morgan fingerprint density at radius 2 is 2.15 bits per heavy atom. The monoisotopic (exact) mass is 273 g/mol. The first-order valence-corrected chi connectivity index (χ1v) is 7.27. The molecule has 0 bridgehead atoms. The maximum absolute atomic E-state index is 12.0. The van der Waals surface area contributed by atoms with Crippen LogP contribution in [0.25, 0.3) is 5.65 Å². The lowest BCUT2D eigenvalue weighted by atomic mass is 9.86. The Hall–Kier alpha value is -1.98. The summed E-state index contributed by atoms with van der Waals surface area (Å²) in [6.07, 6.45) is 12.8. The molecule has 1 N–H and O–H groups in total. The number of carbonyl (C=O) groups excluding carboxylic acids is 1. The van der Waals surface area contributed by atoms with Crippen LogP contribution in [0.3, 0.4) is 0 Å². The molecule has 0 atom stereocenters. The number of carbonyl (C=O) groups is 1. The molecule has 106 valence electrons. The van der Waals surface area contributed by atoms with Crippen molar-refractivity contribution in [1.29, 1.82) is 0 Å². The van der Waals surface area contributed by atoms with Crippen LogP contribution >= 0.6 is 0 Å². The van der Waals surface area contributed by atoms with Crippen LogP contribution in [-0.2, 0) is 4.79 Å². The molecule has 6 nitrogen and oxygen atoms in total. The van der Waals surface area contributed by atoms with Crippen molar-refractivity contribution in [2.24, 2.45) is 5.92 Å². The summed E-state index contributed by atoms with van der Waals surface area (Å²) in [7, 11) is 0. The second-order valence-corrected chi connectivity index (χ2v) is 5.39. The van der Waals surface area contributed by atoms with E-state index in [-0.39, 0.29) is 5.91 Å². The quantitative estimate of drug-likeness (QED) is 0.928. The highest BCUT2D eigenvalue weighted by Gasteiger charge is 2.15. The molecule has 0 aliphatic heterocycles. The Bertz CT molecular complexity index is 588. The smallest absolute Gasteiger partial charge is 0.225 e. The van der Waals surface area contributed by atoms with Gasteiger partial charge in [-0.15, -0.1) is 0 Å². The summed E-state index contributed by atoms with van der Waals surface area (Å²) < 4.78 is 1.60. The van der Waals surface area contributed by atoms with Gasteiger partial charge in [0.15, 0.2) is 11.5 Å².